The zero-order valence-electron chi connectivity index (χ0n) is 17.9. The molecule has 5 rings (SSSR count). The van der Waals surface area contributed by atoms with Gasteiger partial charge in [-0.1, -0.05) is 18.5 Å². The Kier molecular flexibility index (Phi) is 5.73. The SMILES string of the molecule is CCCN1CCC(Oc2cc(F)ccc2C(=O)N2Cc3nn4cc(Cl)cnc4c3C2)CC1. The lowest BCUT2D eigenvalue weighted by Gasteiger charge is -2.32. The Morgan fingerprint density at radius 3 is 2.88 bits per heavy atom. The van der Waals surface area contributed by atoms with Crippen LogP contribution in [0.2, 0.25) is 5.02 Å². The van der Waals surface area contributed by atoms with Gasteiger partial charge in [-0.15, -0.1) is 0 Å². The second kappa shape index (κ2) is 8.67. The largest absolute Gasteiger partial charge is 0.489 e. The van der Waals surface area contributed by atoms with Crippen LogP contribution in [-0.4, -0.2) is 56.0 Å². The molecule has 168 valence electrons. The van der Waals surface area contributed by atoms with E-state index in [-0.39, 0.29) is 12.0 Å². The van der Waals surface area contributed by atoms with E-state index in [9.17, 15) is 9.18 Å². The lowest BCUT2D eigenvalue weighted by molar-refractivity contribution is 0.0727. The molecule has 4 heterocycles. The average Bonchev–Trinajstić information content (AvgIpc) is 3.32. The molecule has 2 aromatic heterocycles. The third-order valence-electron chi connectivity index (χ3n) is 6.14. The third-order valence-corrected chi connectivity index (χ3v) is 6.33. The number of nitrogens with zero attached hydrogens (tertiary/aromatic N) is 5. The molecule has 2 aliphatic rings. The Morgan fingerprint density at radius 2 is 2.09 bits per heavy atom. The number of halogens is 2. The number of piperidine rings is 1. The summed E-state index contributed by atoms with van der Waals surface area (Å²) < 4.78 is 21.8. The molecule has 1 fully saturated rings. The second-order valence-corrected chi connectivity index (χ2v) is 8.86. The molecule has 1 aromatic carbocycles. The minimum atomic E-state index is -0.414. The van der Waals surface area contributed by atoms with Crippen molar-refractivity contribution in [1.82, 2.24) is 24.4 Å². The minimum absolute atomic E-state index is 0.0228. The maximum atomic E-state index is 14.0. The van der Waals surface area contributed by atoms with Crippen LogP contribution >= 0.6 is 11.6 Å². The minimum Gasteiger partial charge on any atom is -0.489 e. The van der Waals surface area contributed by atoms with Gasteiger partial charge in [0.25, 0.3) is 5.91 Å². The Balaban J connectivity index is 1.33. The summed E-state index contributed by atoms with van der Waals surface area (Å²) in [5.41, 5.74) is 2.76. The van der Waals surface area contributed by atoms with Crippen molar-refractivity contribution in [3.8, 4) is 5.75 Å². The van der Waals surface area contributed by atoms with Gasteiger partial charge in [0, 0.05) is 30.9 Å². The van der Waals surface area contributed by atoms with Crippen LogP contribution in [0.25, 0.3) is 5.65 Å². The van der Waals surface area contributed by atoms with Crippen molar-refractivity contribution in [3.05, 3.63) is 58.3 Å². The number of likely N-dealkylation sites (tertiary alicyclic amines) is 1. The van der Waals surface area contributed by atoms with Gasteiger partial charge in [-0.25, -0.2) is 13.9 Å². The average molecular weight is 458 g/mol. The highest BCUT2D eigenvalue weighted by Gasteiger charge is 2.31. The van der Waals surface area contributed by atoms with E-state index in [1.807, 2.05) is 0 Å². The molecule has 3 aromatic rings. The molecule has 0 aliphatic carbocycles. The third kappa shape index (κ3) is 4.04. The summed E-state index contributed by atoms with van der Waals surface area (Å²) in [7, 11) is 0. The van der Waals surface area contributed by atoms with Gasteiger partial charge in [0.1, 0.15) is 17.7 Å². The first-order valence-electron chi connectivity index (χ1n) is 11.0. The Hall–Kier alpha value is -2.71. The highest BCUT2D eigenvalue weighted by molar-refractivity contribution is 6.30. The monoisotopic (exact) mass is 457 g/mol. The van der Waals surface area contributed by atoms with Gasteiger partial charge in [0.15, 0.2) is 5.65 Å². The molecular formula is C23H25ClFN5O2. The van der Waals surface area contributed by atoms with Crippen LogP contribution in [0.4, 0.5) is 4.39 Å². The van der Waals surface area contributed by atoms with Crippen molar-refractivity contribution in [3.63, 3.8) is 0 Å². The normalized spacial score (nSPS) is 17.2. The summed E-state index contributed by atoms with van der Waals surface area (Å²) in [6.45, 7) is 5.91. The van der Waals surface area contributed by atoms with E-state index >= 15 is 0 Å². The molecule has 0 saturated carbocycles. The van der Waals surface area contributed by atoms with Crippen LogP contribution in [-0.2, 0) is 13.1 Å². The molecule has 0 N–H and O–H groups in total. The van der Waals surface area contributed by atoms with Gasteiger partial charge >= 0.3 is 0 Å². The lowest BCUT2D eigenvalue weighted by Crippen LogP contribution is -2.38. The number of amides is 1. The van der Waals surface area contributed by atoms with Gasteiger partial charge < -0.3 is 14.5 Å². The summed E-state index contributed by atoms with van der Waals surface area (Å²) in [5.74, 6) is -0.301. The molecule has 2 aliphatic heterocycles. The Labute approximate surface area is 190 Å². The van der Waals surface area contributed by atoms with Crippen molar-refractivity contribution >= 4 is 23.2 Å². The quantitative estimate of drug-likeness (QED) is 0.581. The maximum absolute atomic E-state index is 14.0. The number of hydrogen-bond acceptors (Lipinski definition) is 5. The number of aromatic nitrogens is 3. The van der Waals surface area contributed by atoms with Crippen molar-refractivity contribution in [2.24, 2.45) is 0 Å². The Bertz CT molecular complexity index is 1160. The fraction of sp³-hybridized carbons (Fsp3) is 0.435. The molecule has 0 bridgehead atoms. The smallest absolute Gasteiger partial charge is 0.258 e. The first kappa shape index (κ1) is 21.2. The van der Waals surface area contributed by atoms with E-state index in [1.54, 1.807) is 21.8 Å². The topological polar surface area (TPSA) is 63.0 Å². The Morgan fingerprint density at radius 1 is 1.28 bits per heavy atom. The first-order valence-corrected chi connectivity index (χ1v) is 11.4. The highest BCUT2D eigenvalue weighted by atomic mass is 35.5. The summed E-state index contributed by atoms with van der Waals surface area (Å²) in [5, 5.41) is 5.01. The number of rotatable bonds is 5. The van der Waals surface area contributed by atoms with Crippen LogP contribution in [0, 0.1) is 5.82 Å². The fourth-order valence-corrected chi connectivity index (χ4v) is 4.69. The van der Waals surface area contributed by atoms with Gasteiger partial charge in [-0.05, 0) is 37.9 Å². The first-order chi connectivity index (χ1) is 15.5. The van der Waals surface area contributed by atoms with Crippen LogP contribution in [0.15, 0.2) is 30.6 Å². The number of benzene rings is 1. The van der Waals surface area contributed by atoms with E-state index in [0.29, 0.717) is 35.1 Å². The number of hydrogen-bond donors (Lipinski definition) is 0. The predicted molar refractivity (Wildman–Crippen MR) is 118 cm³/mol. The molecule has 0 spiro atoms. The summed E-state index contributed by atoms with van der Waals surface area (Å²) >= 11 is 6.00. The van der Waals surface area contributed by atoms with E-state index in [0.717, 1.165) is 50.2 Å². The van der Waals surface area contributed by atoms with Gasteiger partial charge in [0.2, 0.25) is 0 Å². The molecule has 32 heavy (non-hydrogen) atoms. The number of fused-ring (bicyclic) bond motifs is 3. The van der Waals surface area contributed by atoms with E-state index in [4.69, 9.17) is 16.3 Å². The van der Waals surface area contributed by atoms with Crippen molar-refractivity contribution < 1.29 is 13.9 Å². The summed E-state index contributed by atoms with van der Waals surface area (Å²) in [4.78, 5) is 21.8. The van der Waals surface area contributed by atoms with E-state index in [2.05, 4.69) is 21.9 Å². The summed E-state index contributed by atoms with van der Waals surface area (Å²) in [6.07, 6.45) is 6.10. The fourth-order valence-electron chi connectivity index (χ4n) is 4.55. The lowest BCUT2D eigenvalue weighted by atomic mass is 10.1. The highest BCUT2D eigenvalue weighted by Crippen LogP contribution is 2.31. The number of carbonyl (C=O) groups is 1. The molecule has 7 nitrogen and oxygen atoms in total. The zero-order valence-corrected chi connectivity index (χ0v) is 18.7. The van der Waals surface area contributed by atoms with Crippen LogP contribution < -0.4 is 4.74 Å². The van der Waals surface area contributed by atoms with Crippen LogP contribution in [0.5, 0.6) is 5.75 Å². The van der Waals surface area contributed by atoms with Crippen molar-refractivity contribution in [2.75, 3.05) is 19.6 Å². The molecule has 1 saturated heterocycles. The maximum Gasteiger partial charge on any atom is 0.258 e. The second-order valence-electron chi connectivity index (χ2n) is 8.43. The molecule has 0 atom stereocenters. The van der Waals surface area contributed by atoms with Crippen molar-refractivity contribution in [1.29, 1.82) is 0 Å². The standard InChI is InChI=1S/C23H25ClFN5O2/c1-2-7-28-8-5-17(6-9-28)32-21-10-16(25)3-4-18(21)23(31)29-13-19-20(14-29)27-30-12-15(24)11-26-22(19)30/h3-4,10-12,17H,2,5-9,13-14H2,1H3. The number of ether oxygens (including phenoxy) is 1. The molecule has 9 heteroatoms. The van der Waals surface area contributed by atoms with E-state index < -0.39 is 5.82 Å². The van der Waals surface area contributed by atoms with E-state index in [1.165, 1.54) is 18.2 Å². The molecule has 0 radical (unpaired) electrons. The number of carbonyl (C=O) groups excluding carboxylic acids is 1. The zero-order chi connectivity index (χ0) is 22.2. The predicted octanol–water partition coefficient (Wildman–Crippen LogP) is 3.93. The van der Waals surface area contributed by atoms with Gasteiger partial charge in [-0.3, -0.25) is 4.79 Å². The molecule has 1 amide bonds. The van der Waals surface area contributed by atoms with Crippen molar-refractivity contribution in [2.45, 2.75) is 45.4 Å². The molecular weight excluding hydrogens is 433 g/mol. The summed E-state index contributed by atoms with van der Waals surface area (Å²) in [6, 6.07) is 4.14. The molecule has 0 unspecified atom stereocenters. The van der Waals surface area contributed by atoms with Gasteiger partial charge in [0.05, 0.1) is 35.6 Å². The van der Waals surface area contributed by atoms with Crippen LogP contribution in [0.3, 0.4) is 0 Å². The van der Waals surface area contributed by atoms with Gasteiger partial charge in [-0.2, -0.15) is 5.10 Å². The van der Waals surface area contributed by atoms with Crippen LogP contribution in [0.1, 0.15) is 47.8 Å².